The fraction of sp³-hybridized carbons (Fsp3) is 0.450. The SMILES string of the molecule is Cc1cccc(-n2nc3c(c2NC(=O)C(=O)N2C[C@@H](C)O[C@@H](C)C2)CSC3)c1. The molecule has 1 fully saturated rings. The van der Waals surface area contributed by atoms with Crippen LogP contribution in [0, 0.1) is 6.92 Å². The molecule has 1 saturated heterocycles. The number of amides is 2. The highest BCUT2D eigenvalue weighted by atomic mass is 32.2. The second kappa shape index (κ2) is 7.60. The number of benzene rings is 1. The molecule has 2 aromatic rings. The molecule has 0 radical (unpaired) electrons. The summed E-state index contributed by atoms with van der Waals surface area (Å²) in [5.74, 6) is 1.02. The summed E-state index contributed by atoms with van der Waals surface area (Å²) in [6.07, 6.45) is -0.169. The molecule has 2 amide bonds. The standard InChI is InChI=1S/C20H24N4O3S/c1-12-5-4-6-15(7-12)24-18(16-10-28-11-17(16)22-24)21-19(25)20(26)23-8-13(2)27-14(3)9-23/h4-7,13-14H,8-11H2,1-3H3,(H,21,25)/t13-,14+. The number of hydrogen-bond donors (Lipinski definition) is 1. The van der Waals surface area contributed by atoms with Crippen molar-refractivity contribution in [2.75, 3.05) is 18.4 Å². The molecule has 0 bridgehead atoms. The van der Waals surface area contributed by atoms with E-state index in [1.54, 1.807) is 21.3 Å². The van der Waals surface area contributed by atoms with Gasteiger partial charge in [0.15, 0.2) is 0 Å². The molecule has 4 rings (SSSR count). The van der Waals surface area contributed by atoms with E-state index < -0.39 is 11.8 Å². The van der Waals surface area contributed by atoms with Crippen molar-refractivity contribution in [3.8, 4) is 5.69 Å². The zero-order valence-electron chi connectivity index (χ0n) is 16.3. The maximum Gasteiger partial charge on any atom is 0.315 e. The number of nitrogens with zero attached hydrogens (tertiary/aromatic N) is 3. The lowest BCUT2D eigenvalue weighted by Crippen LogP contribution is -2.51. The number of hydrogen-bond acceptors (Lipinski definition) is 5. The number of aromatic nitrogens is 2. The van der Waals surface area contributed by atoms with Gasteiger partial charge < -0.3 is 15.0 Å². The van der Waals surface area contributed by atoms with E-state index in [9.17, 15) is 9.59 Å². The fourth-order valence-corrected chi connectivity index (χ4v) is 4.77. The highest BCUT2D eigenvalue weighted by Gasteiger charge is 2.32. The number of carbonyl (C=O) groups excluding carboxylic acids is 2. The molecule has 0 spiro atoms. The molecule has 1 N–H and O–H groups in total. The minimum atomic E-state index is -0.630. The first-order valence-electron chi connectivity index (χ1n) is 9.43. The van der Waals surface area contributed by atoms with Crippen LogP contribution in [0.3, 0.4) is 0 Å². The third-order valence-electron chi connectivity index (χ3n) is 4.93. The summed E-state index contributed by atoms with van der Waals surface area (Å²) in [4.78, 5) is 27.1. The maximum atomic E-state index is 12.8. The molecular formula is C20H24N4O3S. The molecule has 8 heteroatoms. The largest absolute Gasteiger partial charge is 0.372 e. The number of rotatable bonds is 2. The molecule has 0 aliphatic carbocycles. The van der Waals surface area contributed by atoms with Crippen LogP contribution >= 0.6 is 11.8 Å². The van der Waals surface area contributed by atoms with E-state index in [-0.39, 0.29) is 12.2 Å². The van der Waals surface area contributed by atoms with E-state index in [2.05, 4.69) is 10.4 Å². The zero-order chi connectivity index (χ0) is 19.8. The average Bonchev–Trinajstić information content (AvgIpc) is 3.23. The number of ether oxygens (including phenoxy) is 1. The molecule has 3 heterocycles. The van der Waals surface area contributed by atoms with Gasteiger partial charge in [-0.15, -0.1) is 0 Å². The van der Waals surface area contributed by atoms with Crippen LogP contribution in [0.1, 0.15) is 30.7 Å². The van der Waals surface area contributed by atoms with Crippen LogP contribution in [0.15, 0.2) is 24.3 Å². The molecule has 0 unspecified atom stereocenters. The predicted molar refractivity (Wildman–Crippen MR) is 109 cm³/mol. The van der Waals surface area contributed by atoms with Crippen LogP contribution in [-0.2, 0) is 25.8 Å². The summed E-state index contributed by atoms with van der Waals surface area (Å²) < 4.78 is 7.40. The summed E-state index contributed by atoms with van der Waals surface area (Å²) in [6.45, 7) is 6.66. The predicted octanol–water partition coefficient (Wildman–Crippen LogP) is 2.50. The van der Waals surface area contributed by atoms with E-state index in [4.69, 9.17) is 4.74 Å². The molecule has 2 aliphatic heterocycles. The number of thioether (sulfide) groups is 1. The Hall–Kier alpha value is -2.32. The Kier molecular flexibility index (Phi) is 5.16. The Bertz CT molecular complexity index is 916. The summed E-state index contributed by atoms with van der Waals surface area (Å²) in [7, 11) is 0. The van der Waals surface area contributed by atoms with E-state index >= 15 is 0 Å². The first-order valence-corrected chi connectivity index (χ1v) is 10.6. The highest BCUT2D eigenvalue weighted by Crippen LogP contribution is 2.36. The van der Waals surface area contributed by atoms with Gasteiger partial charge in [0.05, 0.1) is 23.6 Å². The van der Waals surface area contributed by atoms with Crippen LogP contribution in [0.2, 0.25) is 0 Å². The van der Waals surface area contributed by atoms with Crippen molar-refractivity contribution in [2.45, 2.75) is 44.5 Å². The van der Waals surface area contributed by atoms with E-state index in [1.807, 2.05) is 45.0 Å². The van der Waals surface area contributed by atoms with Gasteiger partial charge in [0.25, 0.3) is 0 Å². The molecule has 2 atom stereocenters. The third-order valence-corrected chi connectivity index (χ3v) is 5.90. The Morgan fingerprint density at radius 2 is 1.96 bits per heavy atom. The Labute approximate surface area is 168 Å². The minimum absolute atomic E-state index is 0.0843. The maximum absolute atomic E-state index is 12.8. The summed E-state index contributed by atoms with van der Waals surface area (Å²) in [5, 5.41) is 7.54. The van der Waals surface area contributed by atoms with Crippen LogP contribution in [-0.4, -0.2) is 51.8 Å². The monoisotopic (exact) mass is 400 g/mol. The van der Waals surface area contributed by atoms with Crippen LogP contribution < -0.4 is 5.32 Å². The van der Waals surface area contributed by atoms with Crippen LogP contribution in [0.4, 0.5) is 5.82 Å². The van der Waals surface area contributed by atoms with Gasteiger partial charge in [-0.3, -0.25) is 9.59 Å². The molecule has 1 aromatic carbocycles. The van der Waals surface area contributed by atoms with Gasteiger partial charge in [-0.25, -0.2) is 4.68 Å². The van der Waals surface area contributed by atoms with Gasteiger partial charge >= 0.3 is 11.8 Å². The highest BCUT2D eigenvalue weighted by molar-refractivity contribution is 7.98. The lowest BCUT2D eigenvalue weighted by atomic mass is 10.2. The number of aryl methyl sites for hydroxylation is 1. The van der Waals surface area contributed by atoms with Crippen molar-refractivity contribution >= 4 is 29.4 Å². The first-order chi connectivity index (χ1) is 13.4. The summed E-state index contributed by atoms with van der Waals surface area (Å²) in [6, 6.07) is 7.93. The molecule has 2 aliphatic rings. The smallest absolute Gasteiger partial charge is 0.315 e. The summed E-state index contributed by atoms with van der Waals surface area (Å²) in [5.41, 5.74) is 3.93. The first kappa shape index (κ1) is 19.0. The third kappa shape index (κ3) is 3.66. The molecular weight excluding hydrogens is 376 g/mol. The van der Waals surface area contributed by atoms with E-state index in [1.165, 1.54) is 0 Å². The second-order valence-electron chi connectivity index (χ2n) is 7.44. The number of fused-ring (bicyclic) bond motifs is 1. The number of anilines is 1. The van der Waals surface area contributed by atoms with Gasteiger partial charge in [0.2, 0.25) is 0 Å². The molecule has 7 nitrogen and oxygen atoms in total. The van der Waals surface area contributed by atoms with Crippen molar-refractivity contribution in [2.24, 2.45) is 0 Å². The normalized spacial score (nSPS) is 21.5. The number of nitrogens with one attached hydrogen (secondary N) is 1. The van der Waals surface area contributed by atoms with Gasteiger partial charge in [-0.05, 0) is 38.5 Å². The molecule has 148 valence electrons. The van der Waals surface area contributed by atoms with E-state index in [0.717, 1.165) is 34.0 Å². The van der Waals surface area contributed by atoms with Gasteiger partial charge in [-0.2, -0.15) is 16.9 Å². The topological polar surface area (TPSA) is 76.5 Å². The quantitative estimate of drug-likeness (QED) is 0.784. The van der Waals surface area contributed by atoms with Gasteiger partial charge in [-0.1, -0.05) is 12.1 Å². The lowest BCUT2D eigenvalue weighted by molar-refractivity contribution is -0.151. The molecule has 28 heavy (non-hydrogen) atoms. The number of morpholine rings is 1. The van der Waals surface area contributed by atoms with Crippen molar-refractivity contribution in [1.29, 1.82) is 0 Å². The van der Waals surface area contributed by atoms with Crippen molar-refractivity contribution in [1.82, 2.24) is 14.7 Å². The van der Waals surface area contributed by atoms with Crippen molar-refractivity contribution in [3.05, 3.63) is 41.1 Å². The average molecular weight is 401 g/mol. The van der Waals surface area contributed by atoms with Crippen LogP contribution in [0.25, 0.3) is 5.69 Å². The molecule has 0 saturated carbocycles. The minimum Gasteiger partial charge on any atom is -0.372 e. The van der Waals surface area contributed by atoms with E-state index in [0.29, 0.717) is 18.9 Å². The number of carbonyl (C=O) groups is 2. The fourth-order valence-electron chi connectivity index (χ4n) is 3.74. The lowest BCUT2D eigenvalue weighted by Gasteiger charge is -2.34. The van der Waals surface area contributed by atoms with Gasteiger partial charge in [0, 0.05) is 30.2 Å². The van der Waals surface area contributed by atoms with Gasteiger partial charge in [0.1, 0.15) is 5.82 Å². The van der Waals surface area contributed by atoms with Crippen LogP contribution in [0.5, 0.6) is 0 Å². The second-order valence-corrected chi connectivity index (χ2v) is 8.42. The Balaban J connectivity index is 1.61. The molecule has 1 aromatic heterocycles. The summed E-state index contributed by atoms with van der Waals surface area (Å²) >= 11 is 1.76. The zero-order valence-corrected chi connectivity index (χ0v) is 17.1. The Morgan fingerprint density at radius 1 is 1.21 bits per heavy atom. The van der Waals surface area contributed by atoms with Crippen molar-refractivity contribution < 1.29 is 14.3 Å². The van der Waals surface area contributed by atoms with Crippen molar-refractivity contribution in [3.63, 3.8) is 0 Å². The Morgan fingerprint density at radius 3 is 2.68 bits per heavy atom.